The second-order valence-corrected chi connectivity index (χ2v) is 4.33. The highest BCUT2D eigenvalue weighted by atomic mass is 16.5. The van der Waals surface area contributed by atoms with Crippen molar-refractivity contribution in [2.75, 3.05) is 6.61 Å². The Labute approximate surface area is 119 Å². The lowest BCUT2D eigenvalue weighted by molar-refractivity contribution is -0.142. The average molecular weight is 290 g/mol. The van der Waals surface area contributed by atoms with Gasteiger partial charge in [0.2, 0.25) is 0 Å². The van der Waals surface area contributed by atoms with Crippen LogP contribution in [-0.4, -0.2) is 33.4 Å². The molecule has 0 bridgehead atoms. The summed E-state index contributed by atoms with van der Waals surface area (Å²) in [6, 6.07) is 6.64. The molecule has 1 N–H and O–H groups in total. The average Bonchev–Trinajstić information content (AvgIpc) is 2.44. The molecule has 1 aromatic heterocycles. The summed E-state index contributed by atoms with van der Waals surface area (Å²) in [6.45, 7) is 1.37. The summed E-state index contributed by atoms with van der Waals surface area (Å²) < 4.78 is 5.71. The standard InChI is InChI=1S/C14H14N2O5/c1-2-21-13(19)7-11-9-5-3-4-6-10(9)14(20)16(15-11)8-12(17)18/h3-6H,2,7-8H2,1H3,(H,17,18). The van der Waals surface area contributed by atoms with Gasteiger partial charge in [0.1, 0.15) is 6.54 Å². The molecule has 0 aliphatic carbocycles. The summed E-state index contributed by atoms with van der Waals surface area (Å²) in [5, 5.41) is 13.7. The van der Waals surface area contributed by atoms with Crippen molar-refractivity contribution in [2.45, 2.75) is 19.9 Å². The van der Waals surface area contributed by atoms with Gasteiger partial charge >= 0.3 is 11.9 Å². The Morgan fingerprint density at radius 1 is 1.29 bits per heavy atom. The number of fused-ring (bicyclic) bond motifs is 1. The first-order valence-corrected chi connectivity index (χ1v) is 6.39. The minimum Gasteiger partial charge on any atom is -0.480 e. The van der Waals surface area contributed by atoms with Crippen molar-refractivity contribution in [3.05, 3.63) is 40.3 Å². The Bertz CT molecular complexity index is 751. The summed E-state index contributed by atoms with van der Waals surface area (Å²) in [6.07, 6.45) is -0.117. The van der Waals surface area contributed by atoms with Crippen molar-refractivity contribution in [3.8, 4) is 0 Å². The third-order valence-electron chi connectivity index (χ3n) is 2.85. The van der Waals surface area contributed by atoms with E-state index in [0.29, 0.717) is 16.5 Å². The highest BCUT2D eigenvalue weighted by Crippen LogP contribution is 2.14. The number of hydrogen-bond acceptors (Lipinski definition) is 5. The highest BCUT2D eigenvalue weighted by molar-refractivity contribution is 5.87. The number of aliphatic carboxylic acids is 1. The van der Waals surface area contributed by atoms with Crippen LogP contribution in [0.1, 0.15) is 12.6 Å². The number of esters is 1. The van der Waals surface area contributed by atoms with E-state index in [-0.39, 0.29) is 13.0 Å². The number of carbonyl (C=O) groups excluding carboxylic acids is 1. The van der Waals surface area contributed by atoms with E-state index in [1.807, 2.05) is 0 Å². The molecule has 0 aliphatic heterocycles. The molecule has 21 heavy (non-hydrogen) atoms. The van der Waals surface area contributed by atoms with Crippen molar-refractivity contribution in [1.29, 1.82) is 0 Å². The fourth-order valence-corrected chi connectivity index (χ4v) is 2.02. The molecule has 7 heteroatoms. The maximum atomic E-state index is 12.1. The van der Waals surface area contributed by atoms with Crippen LogP contribution in [-0.2, 0) is 27.3 Å². The van der Waals surface area contributed by atoms with Crippen molar-refractivity contribution in [1.82, 2.24) is 9.78 Å². The summed E-state index contributed by atoms with van der Waals surface area (Å²) in [5.41, 5.74) is -0.175. The maximum Gasteiger partial charge on any atom is 0.325 e. The van der Waals surface area contributed by atoms with Gasteiger partial charge in [-0.25, -0.2) is 4.68 Å². The van der Waals surface area contributed by atoms with Crippen LogP contribution in [0.3, 0.4) is 0 Å². The number of aromatic nitrogens is 2. The predicted octanol–water partition coefficient (Wildman–Crippen LogP) is 0.587. The minimum absolute atomic E-state index is 0.117. The molecule has 0 radical (unpaired) electrons. The lowest BCUT2D eigenvalue weighted by atomic mass is 10.1. The second-order valence-electron chi connectivity index (χ2n) is 4.33. The lowest BCUT2D eigenvalue weighted by Gasteiger charge is -2.09. The van der Waals surface area contributed by atoms with E-state index in [1.165, 1.54) is 0 Å². The first kappa shape index (κ1) is 14.7. The zero-order valence-corrected chi connectivity index (χ0v) is 11.4. The van der Waals surface area contributed by atoms with Crippen LogP contribution >= 0.6 is 0 Å². The molecule has 2 rings (SSSR count). The van der Waals surface area contributed by atoms with Crippen molar-refractivity contribution in [3.63, 3.8) is 0 Å². The molecule has 0 atom stereocenters. The maximum absolute atomic E-state index is 12.1. The number of carboxylic acids is 1. The SMILES string of the molecule is CCOC(=O)Cc1nn(CC(=O)O)c(=O)c2ccccc12. The molecular formula is C14H14N2O5. The van der Waals surface area contributed by atoms with Crippen LogP contribution in [0.15, 0.2) is 29.1 Å². The number of benzene rings is 1. The minimum atomic E-state index is -1.18. The predicted molar refractivity (Wildman–Crippen MR) is 74.0 cm³/mol. The molecule has 0 spiro atoms. The normalized spacial score (nSPS) is 10.5. The number of nitrogens with zero attached hydrogens (tertiary/aromatic N) is 2. The molecule has 0 saturated heterocycles. The lowest BCUT2D eigenvalue weighted by Crippen LogP contribution is -2.28. The van der Waals surface area contributed by atoms with E-state index >= 15 is 0 Å². The zero-order chi connectivity index (χ0) is 15.4. The van der Waals surface area contributed by atoms with Crippen LogP contribution in [0, 0.1) is 0 Å². The van der Waals surface area contributed by atoms with Crippen molar-refractivity contribution in [2.24, 2.45) is 0 Å². The molecule has 1 aromatic carbocycles. The number of carboxylic acid groups (broad SMARTS) is 1. The first-order valence-electron chi connectivity index (χ1n) is 6.39. The molecule has 0 saturated carbocycles. The smallest absolute Gasteiger partial charge is 0.325 e. The Morgan fingerprint density at radius 2 is 1.95 bits per heavy atom. The monoisotopic (exact) mass is 290 g/mol. The van der Waals surface area contributed by atoms with Gasteiger partial charge in [0, 0.05) is 5.39 Å². The van der Waals surface area contributed by atoms with Crippen LogP contribution in [0.25, 0.3) is 10.8 Å². The van der Waals surface area contributed by atoms with Gasteiger partial charge in [0.05, 0.1) is 24.1 Å². The molecular weight excluding hydrogens is 276 g/mol. The third-order valence-corrected chi connectivity index (χ3v) is 2.85. The zero-order valence-electron chi connectivity index (χ0n) is 11.4. The fraction of sp³-hybridized carbons (Fsp3) is 0.286. The van der Waals surface area contributed by atoms with E-state index in [2.05, 4.69) is 5.10 Å². The largest absolute Gasteiger partial charge is 0.480 e. The summed E-state index contributed by atoms with van der Waals surface area (Å²) in [5.74, 6) is -1.65. The molecule has 0 amide bonds. The van der Waals surface area contributed by atoms with E-state index in [1.54, 1.807) is 31.2 Å². The van der Waals surface area contributed by atoms with Gasteiger partial charge < -0.3 is 9.84 Å². The van der Waals surface area contributed by atoms with E-state index in [9.17, 15) is 14.4 Å². The fourth-order valence-electron chi connectivity index (χ4n) is 2.02. The first-order chi connectivity index (χ1) is 10.0. The van der Waals surface area contributed by atoms with E-state index in [0.717, 1.165) is 4.68 Å². The molecule has 0 unspecified atom stereocenters. The van der Waals surface area contributed by atoms with Gasteiger partial charge in [-0.2, -0.15) is 5.10 Å². The molecule has 0 fully saturated rings. The summed E-state index contributed by atoms with van der Waals surface area (Å²) in [7, 11) is 0. The second kappa shape index (κ2) is 6.17. The van der Waals surface area contributed by atoms with Crippen LogP contribution in [0.2, 0.25) is 0 Å². The van der Waals surface area contributed by atoms with E-state index in [4.69, 9.17) is 9.84 Å². The number of hydrogen-bond donors (Lipinski definition) is 1. The van der Waals surface area contributed by atoms with Crippen LogP contribution in [0.5, 0.6) is 0 Å². The van der Waals surface area contributed by atoms with Crippen LogP contribution in [0.4, 0.5) is 0 Å². The Hall–Kier alpha value is -2.70. The number of rotatable bonds is 5. The summed E-state index contributed by atoms with van der Waals surface area (Å²) in [4.78, 5) is 34.6. The Morgan fingerprint density at radius 3 is 2.57 bits per heavy atom. The van der Waals surface area contributed by atoms with Gasteiger partial charge in [-0.15, -0.1) is 0 Å². The van der Waals surface area contributed by atoms with Crippen molar-refractivity contribution < 1.29 is 19.4 Å². The Balaban J connectivity index is 2.57. The van der Waals surface area contributed by atoms with Gasteiger partial charge in [-0.1, -0.05) is 18.2 Å². The van der Waals surface area contributed by atoms with Gasteiger partial charge in [0.25, 0.3) is 5.56 Å². The van der Waals surface area contributed by atoms with Gasteiger partial charge in [-0.3, -0.25) is 14.4 Å². The van der Waals surface area contributed by atoms with Crippen molar-refractivity contribution >= 4 is 22.7 Å². The Kier molecular flexibility index (Phi) is 4.32. The van der Waals surface area contributed by atoms with Crippen LogP contribution < -0.4 is 5.56 Å². The van der Waals surface area contributed by atoms with Gasteiger partial charge in [-0.05, 0) is 13.0 Å². The molecule has 2 aromatic rings. The molecule has 7 nitrogen and oxygen atoms in total. The molecule has 110 valence electrons. The summed E-state index contributed by atoms with van der Waals surface area (Å²) >= 11 is 0. The topological polar surface area (TPSA) is 98.5 Å². The van der Waals surface area contributed by atoms with Gasteiger partial charge in [0.15, 0.2) is 0 Å². The molecule has 1 heterocycles. The molecule has 0 aliphatic rings. The number of ether oxygens (including phenoxy) is 1. The quantitative estimate of drug-likeness (QED) is 0.809. The van der Waals surface area contributed by atoms with E-state index < -0.39 is 24.0 Å². The number of carbonyl (C=O) groups is 2. The highest BCUT2D eigenvalue weighted by Gasteiger charge is 2.15. The third kappa shape index (κ3) is 3.25.